The van der Waals surface area contributed by atoms with E-state index in [2.05, 4.69) is 10.2 Å². The molecule has 98 valence electrons. The Kier molecular flexibility index (Phi) is 4.76. The molecule has 0 aromatic rings. The predicted octanol–water partition coefficient (Wildman–Crippen LogP) is -0.877. The molecule has 0 bridgehead atoms. The fourth-order valence-electron chi connectivity index (χ4n) is 2.66. The molecule has 0 saturated carbocycles. The number of piperidine rings is 1. The third-order valence-electron chi connectivity index (χ3n) is 3.79. The number of piperazine rings is 1. The molecule has 0 aromatic carbocycles. The Morgan fingerprint density at radius 1 is 1.18 bits per heavy atom. The number of carbonyl (C=O) groups excluding carboxylic acids is 1. The summed E-state index contributed by atoms with van der Waals surface area (Å²) in [5.74, 6) is 0.579. The molecule has 1 amide bonds. The van der Waals surface area contributed by atoms with E-state index in [4.69, 9.17) is 5.11 Å². The molecule has 5 heteroatoms. The van der Waals surface area contributed by atoms with Crippen LogP contribution in [0.5, 0.6) is 0 Å². The Hall–Kier alpha value is -0.650. The lowest BCUT2D eigenvalue weighted by Gasteiger charge is -2.37. The first kappa shape index (κ1) is 12.8. The minimum atomic E-state index is 0.211. The van der Waals surface area contributed by atoms with Crippen molar-refractivity contribution < 1.29 is 9.90 Å². The van der Waals surface area contributed by atoms with Crippen molar-refractivity contribution >= 4 is 5.91 Å². The highest BCUT2D eigenvalue weighted by Gasteiger charge is 2.27. The molecule has 0 unspecified atom stereocenters. The van der Waals surface area contributed by atoms with Crippen molar-refractivity contribution in [2.45, 2.75) is 12.8 Å². The maximum Gasteiger partial charge on any atom is 0.225 e. The van der Waals surface area contributed by atoms with E-state index in [9.17, 15) is 4.79 Å². The summed E-state index contributed by atoms with van der Waals surface area (Å²) >= 11 is 0. The van der Waals surface area contributed by atoms with Crippen LogP contribution in [0.2, 0.25) is 0 Å². The molecule has 2 aliphatic heterocycles. The maximum absolute atomic E-state index is 12.2. The average Bonchev–Trinajstić information content (AvgIpc) is 2.40. The third kappa shape index (κ3) is 3.40. The van der Waals surface area contributed by atoms with Gasteiger partial charge in [0.2, 0.25) is 5.91 Å². The Morgan fingerprint density at radius 3 is 2.41 bits per heavy atom. The van der Waals surface area contributed by atoms with E-state index in [-0.39, 0.29) is 12.5 Å². The highest BCUT2D eigenvalue weighted by atomic mass is 16.3. The molecule has 17 heavy (non-hydrogen) atoms. The van der Waals surface area contributed by atoms with E-state index in [0.717, 1.165) is 58.7 Å². The second kappa shape index (κ2) is 6.33. The van der Waals surface area contributed by atoms with Crippen LogP contribution in [0.3, 0.4) is 0 Å². The second-order valence-electron chi connectivity index (χ2n) is 4.91. The van der Waals surface area contributed by atoms with Crippen LogP contribution in [0.15, 0.2) is 0 Å². The van der Waals surface area contributed by atoms with Crippen molar-refractivity contribution in [1.29, 1.82) is 0 Å². The summed E-state index contributed by atoms with van der Waals surface area (Å²) in [6, 6.07) is 0. The van der Waals surface area contributed by atoms with Gasteiger partial charge in [0.15, 0.2) is 0 Å². The van der Waals surface area contributed by atoms with Gasteiger partial charge >= 0.3 is 0 Å². The van der Waals surface area contributed by atoms with Crippen LogP contribution in [0.1, 0.15) is 12.8 Å². The smallest absolute Gasteiger partial charge is 0.225 e. The van der Waals surface area contributed by atoms with Gasteiger partial charge in [0.25, 0.3) is 0 Å². The largest absolute Gasteiger partial charge is 0.395 e. The van der Waals surface area contributed by atoms with Crippen LogP contribution < -0.4 is 5.32 Å². The van der Waals surface area contributed by atoms with Gasteiger partial charge in [-0.15, -0.1) is 0 Å². The van der Waals surface area contributed by atoms with Crippen LogP contribution in [-0.4, -0.2) is 73.2 Å². The number of hydrogen-bond acceptors (Lipinski definition) is 4. The second-order valence-corrected chi connectivity index (χ2v) is 4.91. The zero-order valence-electron chi connectivity index (χ0n) is 10.4. The van der Waals surface area contributed by atoms with E-state index in [1.807, 2.05) is 4.90 Å². The summed E-state index contributed by atoms with van der Waals surface area (Å²) in [6.45, 7) is 6.33. The lowest BCUT2D eigenvalue weighted by molar-refractivity contribution is -0.138. The molecule has 2 saturated heterocycles. The standard InChI is InChI=1S/C12H23N3O2/c16-10-9-14-5-7-15(8-6-14)12(17)11-1-3-13-4-2-11/h11,13,16H,1-10H2. The van der Waals surface area contributed by atoms with Gasteiger partial charge in [-0.05, 0) is 25.9 Å². The van der Waals surface area contributed by atoms with E-state index < -0.39 is 0 Å². The molecular weight excluding hydrogens is 218 g/mol. The Morgan fingerprint density at radius 2 is 1.82 bits per heavy atom. The Labute approximate surface area is 103 Å². The highest BCUT2D eigenvalue weighted by Crippen LogP contribution is 2.16. The van der Waals surface area contributed by atoms with Crippen molar-refractivity contribution in [1.82, 2.24) is 15.1 Å². The van der Waals surface area contributed by atoms with Crippen LogP contribution in [0.4, 0.5) is 0 Å². The van der Waals surface area contributed by atoms with Crippen LogP contribution >= 0.6 is 0 Å². The number of β-amino-alcohol motifs (C(OH)–C–C–N with tert-alkyl or cyclic N) is 1. The molecule has 2 aliphatic rings. The number of rotatable bonds is 3. The van der Waals surface area contributed by atoms with Gasteiger partial charge in [0, 0.05) is 38.6 Å². The van der Waals surface area contributed by atoms with Crippen molar-refractivity contribution in [3.05, 3.63) is 0 Å². The van der Waals surface area contributed by atoms with Crippen LogP contribution in [-0.2, 0) is 4.79 Å². The molecular formula is C12H23N3O2. The molecule has 0 aromatic heterocycles. The van der Waals surface area contributed by atoms with Crippen molar-refractivity contribution in [2.24, 2.45) is 5.92 Å². The first-order chi connectivity index (χ1) is 8.31. The SMILES string of the molecule is O=C(C1CCNCC1)N1CCN(CCO)CC1. The number of amides is 1. The molecule has 2 N–H and O–H groups in total. The minimum Gasteiger partial charge on any atom is -0.395 e. The molecule has 0 spiro atoms. The van der Waals surface area contributed by atoms with Crippen molar-refractivity contribution in [3.8, 4) is 0 Å². The van der Waals surface area contributed by atoms with Gasteiger partial charge in [-0.3, -0.25) is 9.69 Å². The molecule has 0 aliphatic carbocycles. The molecule has 0 radical (unpaired) electrons. The van der Waals surface area contributed by atoms with Gasteiger partial charge in [-0.25, -0.2) is 0 Å². The summed E-state index contributed by atoms with van der Waals surface area (Å²) in [5.41, 5.74) is 0. The summed E-state index contributed by atoms with van der Waals surface area (Å²) in [4.78, 5) is 16.5. The number of nitrogens with zero attached hydrogens (tertiary/aromatic N) is 2. The van der Waals surface area contributed by atoms with E-state index in [0.29, 0.717) is 5.91 Å². The lowest BCUT2D eigenvalue weighted by Crippen LogP contribution is -2.51. The summed E-state index contributed by atoms with van der Waals surface area (Å²) < 4.78 is 0. The number of hydrogen-bond donors (Lipinski definition) is 2. The van der Waals surface area contributed by atoms with Gasteiger partial charge in [0.1, 0.15) is 0 Å². The molecule has 2 rings (SSSR count). The number of aliphatic hydroxyl groups is 1. The van der Waals surface area contributed by atoms with Crippen LogP contribution in [0, 0.1) is 5.92 Å². The quantitative estimate of drug-likeness (QED) is 0.674. The zero-order chi connectivity index (χ0) is 12.1. The Bertz CT molecular complexity index is 246. The fourth-order valence-corrected chi connectivity index (χ4v) is 2.66. The molecule has 0 atom stereocenters. The predicted molar refractivity (Wildman–Crippen MR) is 65.7 cm³/mol. The number of aliphatic hydroxyl groups excluding tert-OH is 1. The van der Waals surface area contributed by atoms with Gasteiger partial charge in [-0.2, -0.15) is 0 Å². The maximum atomic E-state index is 12.2. The van der Waals surface area contributed by atoms with Gasteiger partial charge in [0.05, 0.1) is 6.61 Å². The van der Waals surface area contributed by atoms with Crippen LogP contribution in [0.25, 0.3) is 0 Å². The number of nitrogens with one attached hydrogen (secondary N) is 1. The summed E-state index contributed by atoms with van der Waals surface area (Å²) in [5, 5.41) is 12.2. The van der Waals surface area contributed by atoms with Crippen molar-refractivity contribution in [3.63, 3.8) is 0 Å². The first-order valence-electron chi connectivity index (χ1n) is 6.64. The fraction of sp³-hybridized carbons (Fsp3) is 0.917. The van der Waals surface area contributed by atoms with E-state index >= 15 is 0 Å². The van der Waals surface area contributed by atoms with Gasteiger partial charge < -0.3 is 15.3 Å². The van der Waals surface area contributed by atoms with Gasteiger partial charge in [-0.1, -0.05) is 0 Å². The highest BCUT2D eigenvalue weighted by molar-refractivity contribution is 5.79. The monoisotopic (exact) mass is 241 g/mol. The molecule has 2 heterocycles. The first-order valence-corrected chi connectivity index (χ1v) is 6.64. The average molecular weight is 241 g/mol. The molecule has 5 nitrogen and oxygen atoms in total. The summed E-state index contributed by atoms with van der Waals surface area (Å²) in [6.07, 6.45) is 1.96. The van der Waals surface area contributed by atoms with E-state index in [1.165, 1.54) is 0 Å². The third-order valence-corrected chi connectivity index (χ3v) is 3.79. The topological polar surface area (TPSA) is 55.8 Å². The van der Waals surface area contributed by atoms with Crippen molar-refractivity contribution in [2.75, 3.05) is 52.4 Å². The molecule has 2 fully saturated rings. The summed E-state index contributed by atoms with van der Waals surface area (Å²) in [7, 11) is 0. The minimum absolute atomic E-state index is 0.211. The lowest BCUT2D eigenvalue weighted by atomic mass is 9.96. The normalized spacial score (nSPS) is 23.9. The zero-order valence-corrected chi connectivity index (χ0v) is 10.4. The Balaban J connectivity index is 1.77. The van der Waals surface area contributed by atoms with E-state index in [1.54, 1.807) is 0 Å². The number of carbonyl (C=O) groups is 1.